The van der Waals surface area contributed by atoms with Crippen LogP contribution in [-0.4, -0.2) is 21.8 Å². The maximum absolute atomic E-state index is 13.1. The number of rotatable bonds is 8. The molecule has 30 heavy (non-hydrogen) atoms. The molecule has 4 nitrogen and oxygen atoms in total. The monoisotopic (exact) mass is 484 g/mol. The molecular formula is C24H25BrN2O2S. The molecule has 1 aromatic heterocycles. The van der Waals surface area contributed by atoms with Gasteiger partial charge in [0.2, 0.25) is 0 Å². The summed E-state index contributed by atoms with van der Waals surface area (Å²) < 4.78 is 6.97. The Bertz CT molecular complexity index is 1030. The van der Waals surface area contributed by atoms with E-state index in [2.05, 4.69) is 35.8 Å². The molecule has 1 aliphatic carbocycles. The van der Waals surface area contributed by atoms with Crippen molar-refractivity contribution in [1.29, 1.82) is 0 Å². The summed E-state index contributed by atoms with van der Waals surface area (Å²) in [6.07, 6.45) is 2.12. The first-order valence-electron chi connectivity index (χ1n) is 10.2. The van der Waals surface area contributed by atoms with E-state index in [1.54, 1.807) is 11.3 Å². The highest BCUT2D eigenvalue weighted by Gasteiger charge is 2.33. The van der Waals surface area contributed by atoms with Crippen molar-refractivity contribution in [2.45, 2.75) is 51.8 Å². The molecule has 6 heteroatoms. The molecule has 1 aliphatic rings. The van der Waals surface area contributed by atoms with Gasteiger partial charge in [0.1, 0.15) is 17.4 Å². The molecule has 0 atom stereocenters. The Morgan fingerprint density at radius 3 is 2.77 bits per heavy atom. The maximum Gasteiger partial charge on any atom is 0.254 e. The van der Waals surface area contributed by atoms with Gasteiger partial charge in [0, 0.05) is 21.5 Å². The van der Waals surface area contributed by atoms with Crippen molar-refractivity contribution in [3.63, 3.8) is 0 Å². The molecule has 0 N–H and O–H groups in total. The predicted octanol–water partition coefficient (Wildman–Crippen LogP) is 6.41. The minimum Gasteiger partial charge on any atom is -0.486 e. The summed E-state index contributed by atoms with van der Waals surface area (Å²) in [6, 6.07) is 16.0. The summed E-state index contributed by atoms with van der Waals surface area (Å²) in [5, 5.41) is 2.96. The molecule has 0 aliphatic heterocycles. The number of halogens is 1. The summed E-state index contributed by atoms with van der Waals surface area (Å²) >= 11 is 5.04. The second kappa shape index (κ2) is 9.31. The Morgan fingerprint density at radius 2 is 2.03 bits per heavy atom. The van der Waals surface area contributed by atoms with Crippen molar-refractivity contribution in [2.75, 3.05) is 0 Å². The summed E-state index contributed by atoms with van der Waals surface area (Å²) in [5.41, 5.74) is 2.83. The first kappa shape index (κ1) is 21.1. The van der Waals surface area contributed by atoms with Crippen LogP contribution in [0.2, 0.25) is 0 Å². The molecule has 0 spiro atoms. The Kier molecular flexibility index (Phi) is 6.54. The summed E-state index contributed by atoms with van der Waals surface area (Å²) in [5.74, 6) is 1.38. The van der Waals surface area contributed by atoms with Gasteiger partial charge in [0.15, 0.2) is 0 Å². The Morgan fingerprint density at radius 1 is 1.23 bits per heavy atom. The largest absolute Gasteiger partial charge is 0.486 e. The van der Waals surface area contributed by atoms with Gasteiger partial charge in [-0.15, -0.1) is 11.3 Å². The van der Waals surface area contributed by atoms with E-state index in [-0.39, 0.29) is 5.91 Å². The highest BCUT2D eigenvalue weighted by Crippen LogP contribution is 2.31. The number of hydrogen-bond donors (Lipinski definition) is 0. The average molecular weight is 485 g/mol. The van der Waals surface area contributed by atoms with E-state index in [0.717, 1.165) is 33.8 Å². The second-order valence-corrected chi connectivity index (χ2v) is 9.75. The highest BCUT2D eigenvalue weighted by atomic mass is 79.9. The van der Waals surface area contributed by atoms with E-state index in [9.17, 15) is 4.79 Å². The van der Waals surface area contributed by atoms with E-state index in [1.807, 2.05) is 52.7 Å². The molecule has 2 aromatic carbocycles. The summed E-state index contributed by atoms with van der Waals surface area (Å²) in [7, 11) is 0. The minimum atomic E-state index is 0.0652. The normalized spacial score (nSPS) is 13.5. The van der Waals surface area contributed by atoms with Crippen LogP contribution in [0.25, 0.3) is 0 Å². The number of aromatic nitrogens is 1. The SMILES string of the molecule is CC(C)c1ccccc1OCc1nc(CN(C(=O)c2cccc(Br)c2)C2CC2)cs1. The van der Waals surface area contributed by atoms with Crippen molar-refractivity contribution in [2.24, 2.45) is 0 Å². The number of carbonyl (C=O) groups excluding carboxylic acids is 1. The quantitative estimate of drug-likeness (QED) is 0.370. The number of hydrogen-bond acceptors (Lipinski definition) is 4. The third-order valence-electron chi connectivity index (χ3n) is 5.14. The predicted molar refractivity (Wildman–Crippen MR) is 124 cm³/mol. The van der Waals surface area contributed by atoms with Crippen LogP contribution in [0.1, 0.15) is 59.2 Å². The van der Waals surface area contributed by atoms with Gasteiger partial charge in [-0.2, -0.15) is 0 Å². The van der Waals surface area contributed by atoms with E-state index < -0.39 is 0 Å². The number of benzene rings is 2. The lowest BCUT2D eigenvalue weighted by Crippen LogP contribution is -2.32. The number of carbonyl (C=O) groups is 1. The van der Waals surface area contributed by atoms with Crippen molar-refractivity contribution in [3.05, 3.63) is 80.2 Å². The highest BCUT2D eigenvalue weighted by molar-refractivity contribution is 9.10. The van der Waals surface area contributed by atoms with Crippen LogP contribution < -0.4 is 4.74 Å². The van der Waals surface area contributed by atoms with Gasteiger partial charge >= 0.3 is 0 Å². The third-order valence-corrected chi connectivity index (χ3v) is 6.51. The van der Waals surface area contributed by atoms with E-state index in [4.69, 9.17) is 9.72 Å². The maximum atomic E-state index is 13.1. The fraction of sp³-hybridized carbons (Fsp3) is 0.333. The lowest BCUT2D eigenvalue weighted by Gasteiger charge is -2.21. The average Bonchev–Trinajstić information content (AvgIpc) is 3.49. The van der Waals surface area contributed by atoms with Crippen LogP contribution in [0.15, 0.2) is 58.4 Å². The Balaban J connectivity index is 1.42. The van der Waals surface area contributed by atoms with Crippen LogP contribution in [0.5, 0.6) is 5.75 Å². The zero-order chi connectivity index (χ0) is 21.1. The molecule has 156 valence electrons. The lowest BCUT2D eigenvalue weighted by molar-refractivity contribution is 0.0728. The van der Waals surface area contributed by atoms with Gasteiger partial charge in [-0.05, 0) is 48.6 Å². The molecule has 1 saturated carbocycles. The molecule has 0 bridgehead atoms. The molecule has 0 saturated heterocycles. The molecule has 1 amide bonds. The Hall–Kier alpha value is -2.18. The zero-order valence-electron chi connectivity index (χ0n) is 17.2. The van der Waals surface area contributed by atoms with Crippen LogP contribution in [0, 0.1) is 0 Å². The number of thiazole rings is 1. The molecule has 1 heterocycles. The number of ether oxygens (including phenoxy) is 1. The third kappa shape index (κ3) is 5.10. The first-order valence-corrected chi connectivity index (χ1v) is 11.9. The fourth-order valence-corrected chi connectivity index (χ4v) is 4.53. The van der Waals surface area contributed by atoms with Crippen LogP contribution in [0.4, 0.5) is 0 Å². The van der Waals surface area contributed by atoms with Gasteiger partial charge < -0.3 is 9.64 Å². The molecule has 1 fully saturated rings. The van der Waals surface area contributed by atoms with Gasteiger partial charge in [-0.3, -0.25) is 4.79 Å². The van der Waals surface area contributed by atoms with Crippen molar-refractivity contribution < 1.29 is 9.53 Å². The molecule has 0 radical (unpaired) electrons. The van der Waals surface area contributed by atoms with Gasteiger partial charge in [-0.25, -0.2) is 4.98 Å². The summed E-state index contributed by atoms with van der Waals surface area (Å²) in [4.78, 5) is 19.7. The second-order valence-electron chi connectivity index (χ2n) is 7.89. The Labute approximate surface area is 190 Å². The van der Waals surface area contributed by atoms with Crippen LogP contribution in [-0.2, 0) is 13.2 Å². The fourth-order valence-electron chi connectivity index (χ4n) is 3.43. The van der Waals surface area contributed by atoms with E-state index in [1.165, 1.54) is 5.56 Å². The van der Waals surface area contributed by atoms with E-state index in [0.29, 0.717) is 30.7 Å². The van der Waals surface area contributed by atoms with Crippen LogP contribution in [0.3, 0.4) is 0 Å². The number of nitrogens with zero attached hydrogens (tertiary/aromatic N) is 2. The van der Waals surface area contributed by atoms with Gasteiger partial charge in [0.05, 0.1) is 12.2 Å². The van der Waals surface area contributed by atoms with Gasteiger partial charge in [0.25, 0.3) is 5.91 Å². The van der Waals surface area contributed by atoms with Gasteiger partial charge in [-0.1, -0.05) is 54.0 Å². The minimum absolute atomic E-state index is 0.0652. The number of amides is 1. The van der Waals surface area contributed by atoms with Crippen molar-refractivity contribution in [1.82, 2.24) is 9.88 Å². The van der Waals surface area contributed by atoms with Crippen molar-refractivity contribution >= 4 is 33.2 Å². The first-order chi connectivity index (χ1) is 14.5. The zero-order valence-corrected chi connectivity index (χ0v) is 19.6. The smallest absolute Gasteiger partial charge is 0.254 e. The topological polar surface area (TPSA) is 42.4 Å². The molecule has 3 aromatic rings. The lowest BCUT2D eigenvalue weighted by atomic mass is 10.0. The molecule has 4 rings (SSSR count). The molecule has 0 unspecified atom stereocenters. The standard InChI is InChI=1S/C24H25BrN2O2S/c1-16(2)21-8-3-4-9-22(21)29-14-23-26-19(15-30-23)13-27(20-10-11-20)24(28)17-6-5-7-18(25)12-17/h3-9,12,15-16,20H,10-11,13-14H2,1-2H3. The van der Waals surface area contributed by atoms with Crippen LogP contribution >= 0.6 is 27.3 Å². The summed E-state index contributed by atoms with van der Waals surface area (Å²) in [6.45, 7) is 5.31. The number of para-hydroxylation sites is 1. The van der Waals surface area contributed by atoms with Crippen molar-refractivity contribution in [3.8, 4) is 5.75 Å². The van der Waals surface area contributed by atoms with E-state index >= 15 is 0 Å². The molecular weight excluding hydrogens is 460 g/mol.